The number of alkyl carbamates (subject to hydrolysis) is 1. The Hall–Kier alpha value is -1.83. The van der Waals surface area contributed by atoms with Crippen LogP contribution in [-0.4, -0.2) is 55.6 Å². The maximum Gasteiger partial charge on any atom is 0.407 e. The lowest BCUT2D eigenvalue weighted by Gasteiger charge is -2.14. The number of carboxylic acids is 1. The maximum atomic E-state index is 11.4. The van der Waals surface area contributed by atoms with Crippen LogP contribution in [0.2, 0.25) is 0 Å². The van der Waals surface area contributed by atoms with Gasteiger partial charge in [0.25, 0.3) is 0 Å². The van der Waals surface area contributed by atoms with Crippen molar-refractivity contribution in [1.29, 1.82) is 0 Å². The van der Waals surface area contributed by atoms with Gasteiger partial charge in [-0.2, -0.15) is 0 Å². The number of carbonyl (C=O) groups is 3. The van der Waals surface area contributed by atoms with E-state index < -0.39 is 29.7 Å². The fourth-order valence-corrected chi connectivity index (χ4v) is 1.69. The van der Waals surface area contributed by atoms with Crippen LogP contribution in [0.4, 0.5) is 4.79 Å². The predicted molar refractivity (Wildman–Crippen MR) is 61.5 cm³/mol. The molecule has 2 unspecified atom stereocenters. The summed E-state index contributed by atoms with van der Waals surface area (Å²) in [6.07, 6.45) is 0.118. The van der Waals surface area contributed by atoms with Crippen molar-refractivity contribution in [2.45, 2.75) is 30.9 Å². The first-order chi connectivity index (χ1) is 8.95. The Morgan fingerprint density at radius 2 is 2.00 bits per heavy atom. The fraction of sp³-hybridized carbons (Fsp3) is 0.727. The lowest BCUT2D eigenvalue weighted by atomic mass is 10.0. The van der Waals surface area contributed by atoms with E-state index in [1.54, 1.807) is 0 Å². The maximum absolute atomic E-state index is 11.4. The Morgan fingerprint density at radius 3 is 2.42 bits per heavy atom. The van der Waals surface area contributed by atoms with E-state index >= 15 is 0 Å². The normalized spacial score (nSPS) is 22.2. The van der Waals surface area contributed by atoms with Crippen LogP contribution < -0.4 is 5.32 Å². The van der Waals surface area contributed by atoms with E-state index in [0.717, 1.165) is 7.11 Å². The summed E-state index contributed by atoms with van der Waals surface area (Å²) in [5, 5.41) is 11.1. The predicted octanol–water partition coefficient (Wildman–Crippen LogP) is -0.0921. The zero-order chi connectivity index (χ0) is 14.5. The Labute approximate surface area is 110 Å². The molecule has 1 heterocycles. The van der Waals surface area contributed by atoms with Gasteiger partial charge in [0.2, 0.25) is 0 Å². The number of hydrogen-bond acceptors (Lipinski definition) is 6. The number of carbonyl (C=O) groups excluding carboxylic acids is 2. The Kier molecular flexibility index (Phi) is 5.11. The molecule has 1 aliphatic heterocycles. The van der Waals surface area contributed by atoms with E-state index in [1.165, 1.54) is 7.11 Å². The molecule has 19 heavy (non-hydrogen) atoms. The second-order valence-corrected chi connectivity index (χ2v) is 4.19. The van der Waals surface area contributed by atoms with Crippen LogP contribution >= 0.6 is 0 Å². The van der Waals surface area contributed by atoms with Crippen molar-refractivity contribution in [2.24, 2.45) is 0 Å². The summed E-state index contributed by atoms with van der Waals surface area (Å²) in [7, 11) is 2.42. The number of epoxide rings is 1. The number of carboxylic acid groups (broad SMARTS) is 1. The first kappa shape index (κ1) is 15.2. The molecule has 0 aromatic rings. The van der Waals surface area contributed by atoms with Crippen molar-refractivity contribution in [3.63, 3.8) is 0 Å². The molecule has 1 amide bonds. The van der Waals surface area contributed by atoms with Gasteiger partial charge in [-0.15, -0.1) is 0 Å². The molecular weight excluding hydrogens is 258 g/mol. The summed E-state index contributed by atoms with van der Waals surface area (Å²) >= 11 is 0. The van der Waals surface area contributed by atoms with Crippen LogP contribution in [0.25, 0.3) is 0 Å². The minimum atomic E-state index is -1.16. The molecule has 1 rings (SSSR count). The number of hydrogen-bond donors (Lipinski definition) is 2. The van der Waals surface area contributed by atoms with Crippen LogP contribution in [0.3, 0.4) is 0 Å². The van der Waals surface area contributed by atoms with Gasteiger partial charge in [-0.05, 0) is 19.3 Å². The van der Waals surface area contributed by atoms with Gasteiger partial charge in [-0.1, -0.05) is 0 Å². The highest BCUT2D eigenvalue weighted by Gasteiger charge is 2.52. The molecule has 0 bridgehead atoms. The number of rotatable bonds is 7. The molecule has 108 valence electrons. The molecule has 1 aliphatic rings. The van der Waals surface area contributed by atoms with Crippen LogP contribution in [0.5, 0.6) is 0 Å². The zero-order valence-corrected chi connectivity index (χ0v) is 10.8. The highest BCUT2D eigenvalue weighted by atomic mass is 16.6. The monoisotopic (exact) mass is 275 g/mol. The quantitative estimate of drug-likeness (QED) is 0.492. The third kappa shape index (κ3) is 4.09. The second-order valence-electron chi connectivity index (χ2n) is 4.19. The first-order valence-electron chi connectivity index (χ1n) is 5.75. The Bertz CT molecular complexity index is 364. The van der Waals surface area contributed by atoms with E-state index in [2.05, 4.69) is 14.8 Å². The molecule has 0 spiro atoms. The van der Waals surface area contributed by atoms with Crippen LogP contribution in [-0.2, 0) is 23.8 Å². The smallest absolute Gasteiger partial charge is 0.407 e. The molecular formula is C11H17NO7. The number of aliphatic carboxylic acids is 1. The highest BCUT2D eigenvalue weighted by molar-refractivity contribution is 5.82. The van der Waals surface area contributed by atoms with Crippen LogP contribution in [0.1, 0.15) is 19.3 Å². The van der Waals surface area contributed by atoms with E-state index in [1.807, 2.05) is 0 Å². The summed E-state index contributed by atoms with van der Waals surface area (Å²) in [4.78, 5) is 33.3. The minimum Gasteiger partial charge on any atom is -0.480 e. The van der Waals surface area contributed by atoms with E-state index in [0.29, 0.717) is 12.8 Å². The standard InChI is InChI=1S/C11H17NO7/c1-17-9(15)11(6-19-11)5-3-4-7(8(13)14)12-10(16)18-2/h7H,3-6H2,1-2H3,(H,12,16)(H,13,14). The van der Waals surface area contributed by atoms with Gasteiger partial charge in [-0.3, -0.25) is 0 Å². The van der Waals surface area contributed by atoms with Crippen molar-refractivity contribution >= 4 is 18.0 Å². The molecule has 1 fully saturated rings. The van der Waals surface area contributed by atoms with Crippen LogP contribution in [0, 0.1) is 0 Å². The van der Waals surface area contributed by atoms with Gasteiger partial charge >= 0.3 is 18.0 Å². The SMILES string of the molecule is COC(=O)NC(CCCC1(C(=O)OC)CO1)C(=O)O. The summed E-state index contributed by atoms with van der Waals surface area (Å²) in [6.45, 7) is 0.280. The molecule has 0 radical (unpaired) electrons. The molecule has 8 nitrogen and oxygen atoms in total. The summed E-state index contributed by atoms with van der Waals surface area (Å²) in [5.74, 6) is -1.62. The van der Waals surface area contributed by atoms with Crippen LogP contribution in [0.15, 0.2) is 0 Å². The minimum absolute atomic E-state index is 0.173. The van der Waals surface area contributed by atoms with Gasteiger partial charge in [-0.25, -0.2) is 14.4 Å². The molecule has 2 N–H and O–H groups in total. The lowest BCUT2D eigenvalue weighted by molar-refractivity contribution is -0.147. The van der Waals surface area contributed by atoms with E-state index in [9.17, 15) is 14.4 Å². The zero-order valence-electron chi connectivity index (χ0n) is 10.8. The summed E-state index contributed by atoms with van der Waals surface area (Å²) in [6, 6.07) is -1.05. The Morgan fingerprint density at radius 1 is 1.37 bits per heavy atom. The van der Waals surface area contributed by atoms with Gasteiger partial charge in [0.1, 0.15) is 6.04 Å². The van der Waals surface area contributed by atoms with Crippen molar-refractivity contribution < 1.29 is 33.7 Å². The van der Waals surface area contributed by atoms with Gasteiger partial charge in [0.05, 0.1) is 20.8 Å². The van der Waals surface area contributed by atoms with Gasteiger partial charge in [0, 0.05) is 0 Å². The fourth-order valence-electron chi connectivity index (χ4n) is 1.69. The summed E-state index contributed by atoms with van der Waals surface area (Å²) in [5.41, 5.74) is -0.928. The molecule has 0 saturated carbocycles. The molecule has 0 aliphatic carbocycles. The molecule has 1 saturated heterocycles. The van der Waals surface area contributed by atoms with Crippen molar-refractivity contribution in [1.82, 2.24) is 5.32 Å². The number of ether oxygens (including phenoxy) is 3. The van der Waals surface area contributed by atoms with Crippen molar-refractivity contribution in [3.8, 4) is 0 Å². The number of amides is 1. The number of methoxy groups -OCH3 is 2. The second kappa shape index (κ2) is 6.37. The molecule has 2 atom stereocenters. The average Bonchev–Trinajstić information content (AvgIpc) is 3.17. The van der Waals surface area contributed by atoms with Crippen molar-refractivity contribution in [3.05, 3.63) is 0 Å². The van der Waals surface area contributed by atoms with Gasteiger partial charge in [0.15, 0.2) is 5.60 Å². The lowest BCUT2D eigenvalue weighted by Crippen LogP contribution is -2.41. The first-order valence-corrected chi connectivity index (χ1v) is 5.75. The third-order valence-electron chi connectivity index (χ3n) is 2.90. The van der Waals surface area contributed by atoms with E-state index in [4.69, 9.17) is 9.84 Å². The third-order valence-corrected chi connectivity index (χ3v) is 2.90. The Balaban J connectivity index is 2.39. The molecule has 0 aromatic heterocycles. The summed E-state index contributed by atoms with van der Waals surface area (Å²) < 4.78 is 14.0. The topological polar surface area (TPSA) is 114 Å². The van der Waals surface area contributed by atoms with Gasteiger partial charge < -0.3 is 24.6 Å². The van der Waals surface area contributed by atoms with Crippen molar-refractivity contribution in [2.75, 3.05) is 20.8 Å². The number of esters is 1. The average molecular weight is 275 g/mol. The van der Waals surface area contributed by atoms with E-state index in [-0.39, 0.29) is 13.0 Å². The molecule has 8 heteroatoms. The molecule has 0 aromatic carbocycles. The largest absolute Gasteiger partial charge is 0.480 e. The highest BCUT2D eigenvalue weighted by Crippen LogP contribution is 2.34. The number of nitrogens with one attached hydrogen (secondary N) is 1.